The third-order valence-corrected chi connectivity index (χ3v) is 7.02. The molecular weight excluding hydrogens is 444 g/mol. The standard InChI is InChI=1S/C28H28O4.CH2O2/c1-30-25-13-7-5-11-21(25)23-17-24(22-12-6-8-14-26(22)31-2)27(23)28(29)32-20-15-18-9-3-4-10-19(18)16-20;2-1-3/h3-14,20,23-24,27H,15-17H2,1-2H3;1H,(H,2,3)/t23-,24?,27?;/m1./s1. The summed E-state index contributed by atoms with van der Waals surface area (Å²) in [5.74, 6) is 1.35. The van der Waals surface area contributed by atoms with Crippen LogP contribution >= 0.6 is 0 Å². The molecule has 3 aromatic rings. The van der Waals surface area contributed by atoms with Gasteiger partial charge in [0.15, 0.2) is 0 Å². The van der Waals surface area contributed by atoms with Crippen LogP contribution in [0.4, 0.5) is 0 Å². The molecule has 1 saturated carbocycles. The van der Waals surface area contributed by atoms with Crippen LogP contribution in [0.1, 0.15) is 40.5 Å². The number of carboxylic acid groups (broad SMARTS) is 1. The molecule has 0 saturated heterocycles. The number of hydrogen-bond donors (Lipinski definition) is 1. The third kappa shape index (κ3) is 5.02. The molecule has 2 unspecified atom stereocenters. The second-order valence-electron chi connectivity index (χ2n) is 8.80. The number of benzene rings is 3. The van der Waals surface area contributed by atoms with Gasteiger partial charge in [-0.3, -0.25) is 9.59 Å². The van der Waals surface area contributed by atoms with Gasteiger partial charge in [0.25, 0.3) is 6.47 Å². The molecule has 0 aliphatic heterocycles. The Morgan fingerprint density at radius 2 is 1.23 bits per heavy atom. The van der Waals surface area contributed by atoms with Crippen molar-refractivity contribution in [2.45, 2.75) is 37.2 Å². The van der Waals surface area contributed by atoms with Crippen LogP contribution in [0.25, 0.3) is 0 Å². The van der Waals surface area contributed by atoms with Gasteiger partial charge in [0.2, 0.25) is 0 Å². The van der Waals surface area contributed by atoms with Gasteiger partial charge in [0, 0.05) is 24.7 Å². The van der Waals surface area contributed by atoms with Gasteiger partial charge in [-0.2, -0.15) is 0 Å². The van der Waals surface area contributed by atoms with Crippen LogP contribution in [-0.2, 0) is 27.2 Å². The van der Waals surface area contributed by atoms with Crippen molar-refractivity contribution in [3.63, 3.8) is 0 Å². The Morgan fingerprint density at radius 3 is 1.69 bits per heavy atom. The van der Waals surface area contributed by atoms with Crippen molar-refractivity contribution in [1.82, 2.24) is 0 Å². The SMILES string of the molecule is COc1ccccc1C1C[C@H](c2ccccc2OC)C1C(=O)OC1Cc2ccccc2C1.O=CO. The number of para-hydroxylation sites is 2. The highest BCUT2D eigenvalue weighted by Crippen LogP contribution is 2.56. The van der Waals surface area contributed by atoms with E-state index >= 15 is 0 Å². The minimum atomic E-state index is -0.272. The van der Waals surface area contributed by atoms with Crippen molar-refractivity contribution >= 4 is 12.4 Å². The summed E-state index contributed by atoms with van der Waals surface area (Å²) in [6, 6.07) is 24.3. The quantitative estimate of drug-likeness (QED) is 0.400. The van der Waals surface area contributed by atoms with Gasteiger partial charge in [-0.15, -0.1) is 0 Å². The zero-order valence-electron chi connectivity index (χ0n) is 19.9. The Bertz CT molecular complexity index is 1090. The van der Waals surface area contributed by atoms with Gasteiger partial charge in [-0.05, 0) is 40.8 Å². The number of esters is 1. The van der Waals surface area contributed by atoms with Crippen molar-refractivity contribution in [3.05, 3.63) is 95.1 Å². The molecule has 0 amide bonds. The zero-order valence-corrected chi connectivity index (χ0v) is 19.9. The lowest BCUT2D eigenvalue weighted by Gasteiger charge is -2.44. The molecule has 6 heteroatoms. The first-order chi connectivity index (χ1) is 17.1. The molecule has 2 aliphatic carbocycles. The van der Waals surface area contributed by atoms with Crippen LogP contribution in [-0.4, -0.2) is 37.9 Å². The summed E-state index contributed by atoms with van der Waals surface area (Å²) in [6.07, 6.45) is 2.32. The lowest BCUT2D eigenvalue weighted by Crippen LogP contribution is -2.41. The average molecular weight is 475 g/mol. The van der Waals surface area contributed by atoms with Gasteiger partial charge >= 0.3 is 5.97 Å². The molecule has 182 valence electrons. The van der Waals surface area contributed by atoms with Crippen LogP contribution in [0.2, 0.25) is 0 Å². The largest absolute Gasteiger partial charge is 0.496 e. The van der Waals surface area contributed by atoms with Crippen molar-refractivity contribution in [1.29, 1.82) is 0 Å². The fraction of sp³-hybridized carbons (Fsp3) is 0.310. The van der Waals surface area contributed by atoms with Crippen molar-refractivity contribution < 1.29 is 28.9 Å². The van der Waals surface area contributed by atoms with Crippen molar-refractivity contribution in [2.24, 2.45) is 5.92 Å². The second kappa shape index (κ2) is 11.1. The third-order valence-electron chi connectivity index (χ3n) is 7.02. The minimum Gasteiger partial charge on any atom is -0.496 e. The first-order valence-corrected chi connectivity index (χ1v) is 11.7. The molecule has 0 aromatic heterocycles. The molecule has 5 rings (SSSR count). The summed E-state index contributed by atoms with van der Waals surface area (Å²) in [6.45, 7) is -0.250. The van der Waals surface area contributed by atoms with Gasteiger partial charge in [-0.25, -0.2) is 0 Å². The van der Waals surface area contributed by atoms with E-state index in [0.717, 1.165) is 41.9 Å². The van der Waals surface area contributed by atoms with Crippen LogP contribution in [0.15, 0.2) is 72.8 Å². The fourth-order valence-corrected chi connectivity index (χ4v) is 5.41. The van der Waals surface area contributed by atoms with E-state index in [9.17, 15) is 4.79 Å². The highest BCUT2D eigenvalue weighted by Gasteiger charge is 2.50. The van der Waals surface area contributed by atoms with Gasteiger partial charge in [-0.1, -0.05) is 60.7 Å². The van der Waals surface area contributed by atoms with E-state index in [1.807, 2.05) is 48.5 Å². The summed E-state index contributed by atoms with van der Waals surface area (Å²) < 4.78 is 17.4. The van der Waals surface area contributed by atoms with E-state index < -0.39 is 0 Å². The van der Waals surface area contributed by atoms with Crippen molar-refractivity contribution in [3.8, 4) is 11.5 Å². The highest BCUT2D eigenvalue weighted by molar-refractivity contribution is 5.78. The Balaban J connectivity index is 0.000000917. The smallest absolute Gasteiger partial charge is 0.310 e. The van der Waals surface area contributed by atoms with E-state index in [-0.39, 0.29) is 36.3 Å². The lowest BCUT2D eigenvalue weighted by atomic mass is 9.59. The second-order valence-corrected chi connectivity index (χ2v) is 8.80. The molecule has 6 nitrogen and oxygen atoms in total. The van der Waals surface area contributed by atoms with E-state index in [1.54, 1.807) is 14.2 Å². The molecule has 2 aliphatic rings. The number of methoxy groups -OCH3 is 2. The molecule has 35 heavy (non-hydrogen) atoms. The monoisotopic (exact) mass is 474 g/mol. The summed E-state index contributed by atoms with van der Waals surface area (Å²) in [5.41, 5.74) is 4.69. The zero-order chi connectivity index (χ0) is 24.8. The van der Waals surface area contributed by atoms with Gasteiger partial charge in [0.1, 0.15) is 17.6 Å². The summed E-state index contributed by atoms with van der Waals surface area (Å²) in [4.78, 5) is 22.0. The first-order valence-electron chi connectivity index (χ1n) is 11.7. The number of ether oxygens (including phenoxy) is 3. The van der Waals surface area contributed by atoms with E-state index in [1.165, 1.54) is 11.1 Å². The maximum Gasteiger partial charge on any atom is 0.310 e. The molecular formula is C29H30O6. The van der Waals surface area contributed by atoms with E-state index in [0.29, 0.717) is 0 Å². The predicted molar refractivity (Wildman–Crippen MR) is 132 cm³/mol. The maximum absolute atomic E-state index is 13.6. The van der Waals surface area contributed by atoms with Crippen LogP contribution < -0.4 is 9.47 Å². The topological polar surface area (TPSA) is 82.1 Å². The Kier molecular flexibility index (Phi) is 7.70. The normalized spacial score (nSPS) is 20.5. The first kappa shape index (κ1) is 24.3. The van der Waals surface area contributed by atoms with E-state index in [4.69, 9.17) is 24.1 Å². The fourth-order valence-electron chi connectivity index (χ4n) is 5.41. The number of carbonyl (C=O) groups excluding carboxylic acids is 1. The number of fused-ring (bicyclic) bond motifs is 1. The molecule has 0 bridgehead atoms. The van der Waals surface area contributed by atoms with Crippen LogP contribution in [0.5, 0.6) is 11.5 Å². The predicted octanol–water partition coefficient (Wildman–Crippen LogP) is 5.00. The summed E-state index contributed by atoms with van der Waals surface area (Å²) in [5, 5.41) is 6.89. The number of hydrogen-bond acceptors (Lipinski definition) is 5. The Hall–Kier alpha value is -3.80. The van der Waals surface area contributed by atoms with Crippen LogP contribution in [0.3, 0.4) is 0 Å². The highest BCUT2D eigenvalue weighted by atomic mass is 16.5. The Labute approximate surface area is 205 Å². The molecule has 0 radical (unpaired) electrons. The lowest BCUT2D eigenvalue weighted by molar-refractivity contribution is -0.159. The van der Waals surface area contributed by atoms with E-state index in [2.05, 4.69) is 24.3 Å². The minimum absolute atomic E-state index is 0.0531. The van der Waals surface area contributed by atoms with Crippen molar-refractivity contribution in [2.75, 3.05) is 14.2 Å². The maximum atomic E-state index is 13.6. The average Bonchev–Trinajstić information content (AvgIpc) is 3.26. The summed E-state index contributed by atoms with van der Waals surface area (Å²) >= 11 is 0. The molecule has 1 fully saturated rings. The molecule has 3 aromatic carbocycles. The molecule has 3 atom stereocenters. The van der Waals surface area contributed by atoms with Crippen LogP contribution in [0, 0.1) is 5.92 Å². The van der Waals surface area contributed by atoms with Gasteiger partial charge < -0.3 is 19.3 Å². The summed E-state index contributed by atoms with van der Waals surface area (Å²) in [7, 11) is 3.36. The molecule has 0 heterocycles. The number of rotatable bonds is 6. The van der Waals surface area contributed by atoms with Gasteiger partial charge in [0.05, 0.1) is 20.1 Å². The molecule has 0 spiro atoms. The Morgan fingerprint density at radius 1 is 0.800 bits per heavy atom. The number of carbonyl (C=O) groups is 2. The molecule has 1 N–H and O–H groups in total.